The van der Waals surface area contributed by atoms with Crippen LogP contribution in [0.4, 0.5) is 24.5 Å². The first kappa shape index (κ1) is 14.7. The second-order valence-electron chi connectivity index (χ2n) is 4.16. The lowest BCUT2D eigenvalue weighted by atomic mass is 10.1. The molecule has 0 aliphatic carbocycles. The van der Waals surface area contributed by atoms with Gasteiger partial charge in [-0.05, 0) is 18.2 Å². The highest BCUT2D eigenvalue weighted by molar-refractivity contribution is 6.06. The number of hydrogen-bond donors (Lipinski definition) is 2. The summed E-state index contributed by atoms with van der Waals surface area (Å²) in [5.41, 5.74) is 5.43. The molecule has 0 radical (unpaired) electrons. The maximum atomic E-state index is 13.5. The number of carbonyl (C=O) groups excluding carboxylic acids is 1. The number of nitrogens with two attached hydrogens (primary N) is 1. The highest BCUT2D eigenvalue weighted by Crippen LogP contribution is 2.24. The van der Waals surface area contributed by atoms with Gasteiger partial charge in [-0.15, -0.1) is 0 Å². The van der Waals surface area contributed by atoms with Gasteiger partial charge in [0.05, 0.1) is 18.4 Å². The minimum absolute atomic E-state index is 0.0432. The summed E-state index contributed by atoms with van der Waals surface area (Å²) in [7, 11) is 1.35. The number of anilines is 2. The van der Waals surface area contributed by atoms with Crippen molar-refractivity contribution in [3.63, 3.8) is 0 Å². The van der Waals surface area contributed by atoms with E-state index in [1.54, 1.807) is 0 Å². The van der Waals surface area contributed by atoms with Crippen molar-refractivity contribution in [2.75, 3.05) is 18.2 Å². The molecular formula is C14H11F3N2O2. The van der Waals surface area contributed by atoms with Crippen molar-refractivity contribution >= 4 is 17.3 Å². The number of ether oxygens (including phenoxy) is 1. The maximum absolute atomic E-state index is 13.5. The van der Waals surface area contributed by atoms with Crippen LogP contribution in [0.25, 0.3) is 0 Å². The zero-order valence-electron chi connectivity index (χ0n) is 10.9. The molecule has 0 fully saturated rings. The van der Waals surface area contributed by atoms with E-state index in [2.05, 4.69) is 5.32 Å². The first-order valence-corrected chi connectivity index (χ1v) is 5.81. The Kier molecular flexibility index (Phi) is 4.02. The molecule has 0 aliphatic rings. The average Bonchev–Trinajstić information content (AvgIpc) is 2.44. The third-order valence-electron chi connectivity index (χ3n) is 2.73. The van der Waals surface area contributed by atoms with Crippen LogP contribution in [0, 0.1) is 17.5 Å². The molecule has 1 amide bonds. The van der Waals surface area contributed by atoms with E-state index in [1.165, 1.54) is 25.3 Å². The van der Waals surface area contributed by atoms with Crippen LogP contribution < -0.4 is 15.8 Å². The van der Waals surface area contributed by atoms with Crippen molar-refractivity contribution in [3.05, 3.63) is 53.3 Å². The average molecular weight is 296 g/mol. The standard InChI is InChI=1S/C14H11F3N2O2/c1-21-13-3-2-7(18)4-8(13)14(20)19-12-6-10(16)9(15)5-11(12)17/h2-6H,18H2,1H3,(H,19,20). The number of nitrogens with one attached hydrogen (secondary N) is 1. The first-order valence-electron chi connectivity index (χ1n) is 5.81. The van der Waals surface area contributed by atoms with E-state index in [0.717, 1.165) is 0 Å². The van der Waals surface area contributed by atoms with Gasteiger partial charge in [-0.1, -0.05) is 0 Å². The molecule has 0 unspecified atom stereocenters. The van der Waals surface area contributed by atoms with Crippen molar-refractivity contribution < 1.29 is 22.7 Å². The predicted molar refractivity (Wildman–Crippen MR) is 71.7 cm³/mol. The van der Waals surface area contributed by atoms with Gasteiger partial charge in [-0.2, -0.15) is 0 Å². The fourth-order valence-corrected chi connectivity index (χ4v) is 1.71. The summed E-state index contributed by atoms with van der Waals surface area (Å²) in [6.45, 7) is 0. The molecule has 2 aromatic carbocycles. The van der Waals surface area contributed by atoms with Crippen LogP contribution in [0.2, 0.25) is 0 Å². The molecule has 4 nitrogen and oxygen atoms in total. The normalized spacial score (nSPS) is 10.3. The molecule has 0 atom stereocenters. The number of nitrogen functional groups attached to an aromatic ring is 1. The van der Waals surface area contributed by atoms with E-state index in [9.17, 15) is 18.0 Å². The first-order chi connectivity index (χ1) is 9.92. The Labute approximate surface area is 118 Å². The number of halogens is 3. The molecule has 0 saturated heterocycles. The molecule has 0 aliphatic heterocycles. The van der Waals surface area contributed by atoms with Gasteiger partial charge >= 0.3 is 0 Å². The summed E-state index contributed by atoms with van der Waals surface area (Å²) >= 11 is 0. The second kappa shape index (κ2) is 5.74. The van der Waals surface area contributed by atoms with Gasteiger partial charge in [0.15, 0.2) is 11.6 Å². The quantitative estimate of drug-likeness (QED) is 0.676. The smallest absolute Gasteiger partial charge is 0.259 e. The van der Waals surface area contributed by atoms with E-state index in [0.29, 0.717) is 17.8 Å². The van der Waals surface area contributed by atoms with Gasteiger partial charge in [0.25, 0.3) is 5.91 Å². The molecule has 2 aromatic rings. The number of carbonyl (C=O) groups is 1. The molecule has 21 heavy (non-hydrogen) atoms. The molecular weight excluding hydrogens is 285 g/mol. The molecule has 0 aromatic heterocycles. The number of amides is 1. The minimum atomic E-state index is -1.34. The lowest BCUT2D eigenvalue weighted by Gasteiger charge is -2.11. The second-order valence-corrected chi connectivity index (χ2v) is 4.16. The predicted octanol–water partition coefficient (Wildman–Crippen LogP) is 2.95. The number of hydrogen-bond acceptors (Lipinski definition) is 3. The van der Waals surface area contributed by atoms with Crippen LogP contribution in [0.3, 0.4) is 0 Å². The van der Waals surface area contributed by atoms with Gasteiger partial charge in [-0.25, -0.2) is 13.2 Å². The maximum Gasteiger partial charge on any atom is 0.259 e. The summed E-state index contributed by atoms with van der Waals surface area (Å²) in [6, 6.07) is 5.22. The SMILES string of the molecule is COc1ccc(N)cc1C(=O)Nc1cc(F)c(F)cc1F. The Hall–Kier alpha value is -2.70. The Morgan fingerprint density at radius 3 is 2.43 bits per heavy atom. The third kappa shape index (κ3) is 3.07. The molecule has 2 rings (SSSR count). The summed E-state index contributed by atoms with van der Waals surface area (Å²) in [6.07, 6.45) is 0. The van der Waals surface area contributed by atoms with Crippen molar-refractivity contribution in [1.29, 1.82) is 0 Å². The third-order valence-corrected chi connectivity index (χ3v) is 2.73. The van der Waals surface area contributed by atoms with E-state index in [1.807, 2.05) is 0 Å². The largest absolute Gasteiger partial charge is 0.496 e. The molecule has 0 saturated carbocycles. The highest BCUT2D eigenvalue weighted by Gasteiger charge is 2.16. The highest BCUT2D eigenvalue weighted by atomic mass is 19.2. The van der Waals surface area contributed by atoms with Crippen LogP contribution in [-0.4, -0.2) is 13.0 Å². The van der Waals surface area contributed by atoms with Crippen LogP contribution in [0.5, 0.6) is 5.75 Å². The van der Waals surface area contributed by atoms with Gasteiger partial charge in [0.1, 0.15) is 11.6 Å². The monoisotopic (exact) mass is 296 g/mol. The van der Waals surface area contributed by atoms with E-state index in [-0.39, 0.29) is 11.3 Å². The fraction of sp³-hybridized carbons (Fsp3) is 0.0714. The number of rotatable bonds is 3. The van der Waals surface area contributed by atoms with Crippen molar-refractivity contribution in [3.8, 4) is 5.75 Å². The Morgan fingerprint density at radius 1 is 1.10 bits per heavy atom. The minimum Gasteiger partial charge on any atom is -0.496 e. The van der Waals surface area contributed by atoms with E-state index in [4.69, 9.17) is 10.5 Å². The number of benzene rings is 2. The Balaban J connectivity index is 2.34. The van der Waals surface area contributed by atoms with Crippen LogP contribution in [0.15, 0.2) is 30.3 Å². The van der Waals surface area contributed by atoms with Gasteiger partial charge in [-0.3, -0.25) is 4.79 Å². The zero-order valence-corrected chi connectivity index (χ0v) is 10.9. The molecule has 0 bridgehead atoms. The lowest BCUT2D eigenvalue weighted by molar-refractivity contribution is 0.102. The summed E-state index contributed by atoms with van der Waals surface area (Å²) < 4.78 is 44.4. The number of methoxy groups -OCH3 is 1. The van der Waals surface area contributed by atoms with Crippen molar-refractivity contribution in [1.82, 2.24) is 0 Å². The van der Waals surface area contributed by atoms with Gasteiger partial charge in [0.2, 0.25) is 0 Å². The summed E-state index contributed by atoms with van der Waals surface area (Å²) in [5.74, 6) is -4.25. The van der Waals surface area contributed by atoms with Gasteiger partial charge in [0, 0.05) is 17.8 Å². The zero-order chi connectivity index (χ0) is 15.6. The van der Waals surface area contributed by atoms with Crippen molar-refractivity contribution in [2.45, 2.75) is 0 Å². The van der Waals surface area contributed by atoms with E-state index >= 15 is 0 Å². The molecule has 0 spiro atoms. The van der Waals surface area contributed by atoms with Crippen LogP contribution >= 0.6 is 0 Å². The van der Waals surface area contributed by atoms with Crippen LogP contribution in [0.1, 0.15) is 10.4 Å². The van der Waals surface area contributed by atoms with Crippen LogP contribution in [-0.2, 0) is 0 Å². The lowest BCUT2D eigenvalue weighted by Crippen LogP contribution is -2.15. The van der Waals surface area contributed by atoms with Gasteiger partial charge < -0.3 is 15.8 Å². The fourth-order valence-electron chi connectivity index (χ4n) is 1.71. The molecule has 7 heteroatoms. The summed E-state index contributed by atoms with van der Waals surface area (Å²) in [5, 5.41) is 2.14. The summed E-state index contributed by atoms with van der Waals surface area (Å²) in [4.78, 5) is 12.1. The topological polar surface area (TPSA) is 64.3 Å². The molecule has 110 valence electrons. The molecule has 3 N–H and O–H groups in total. The molecule has 0 heterocycles. The van der Waals surface area contributed by atoms with Crippen molar-refractivity contribution in [2.24, 2.45) is 0 Å². The Morgan fingerprint density at radius 2 is 1.76 bits per heavy atom. The Bertz CT molecular complexity index is 705. The van der Waals surface area contributed by atoms with E-state index < -0.39 is 29.0 Å².